The Kier molecular flexibility index (Phi) is 6.58. The summed E-state index contributed by atoms with van der Waals surface area (Å²) in [4.78, 5) is 0. The number of benzene rings is 3. The number of fused-ring (bicyclic) bond motifs is 1. The molecule has 0 radical (unpaired) electrons. The van der Waals surface area contributed by atoms with Gasteiger partial charge < -0.3 is 20.5 Å². The first-order valence-corrected chi connectivity index (χ1v) is 11.0. The van der Waals surface area contributed by atoms with Gasteiger partial charge in [0.2, 0.25) is 0 Å². The third kappa shape index (κ3) is 4.05. The minimum Gasteiger partial charge on any atom is -0.489 e. The minimum atomic E-state index is -0.694. The van der Waals surface area contributed by atoms with Crippen molar-refractivity contribution < 1.29 is 18.3 Å². The van der Waals surface area contributed by atoms with Crippen LogP contribution < -0.4 is 20.5 Å². The number of halogens is 3. The molecule has 0 amide bonds. The lowest BCUT2D eigenvalue weighted by Gasteiger charge is -2.21. The van der Waals surface area contributed by atoms with E-state index in [1.807, 2.05) is 37.3 Å². The Morgan fingerprint density at radius 2 is 1.91 bits per heavy atom. The molecule has 0 saturated heterocycles. The lowest BCUT2D eigenvalue weighted by atomic mass is 9.85. The number of rotatable bonds is 7. The average molecular weight is 471 g/mol. The normalized spacial score (nSPS) is 16.8. The maximum atomic E-state index is 15.9. The van der Waals surface area contributed by atoms with Gasteiger partial charge in [-0.3, -0.25) is 0 Å². The van der Waals surface area contributed by atoms with Crippen molar-refractivity contribution in [1.82, 2.24) is 5.32 Å². The Balaban J connectivity index is 1.97. The van der Waals surface area contributed by atoms with E-state index in [1.54, 1.807) is 13.1 Å². The Hall–Kier alpha value is -3.09. The molecular formula is C26H25ClF2N2O2. The highest BCUT2D eigenvalue weighted by molar-refractivity contribution is 6.34. The van der Waals surface area contributed by atoms with Crippen LogP contribution in [0.1, 0.15) is 35.6 Å². The number of hydrogen-bond acceptors (Lipinski definition) is 4. The zero-order chi connectivity index (χ0) is 23.7. The van der Waals surface area contributed by atoms with Gasteiger partial charge in [-0.25, -0.2) is 8.78 Å². The van der Waals surface area contributed by atoms with Crippen molar-refractivity contribution in [2.75, 3.05) is 20.2 Å². The van der Waals surface area contributed by atoms with E-state index in [2.05, 4.69) is 11.9 Å². The molecule has 0 aromatic heterocycles. The summed E-state index contributed by atoms with van der Waals surface area (Å²) in [6.45, 7) is 6.30. The molecule has 1 aliphatic heterocycles. The molecule has 172 valence electrons. The predicted octanol–water partition coefficient (Wildman–Crippen LogP) is 6.05. The first-order chi connectivity index (χ1) is 15.9. The zero-order valence-electron chi connectivity index (χ0n) is 18.4. The molecular weight excluding hydrogens is 446 g/mol. The van der Waals surface area contributed by atoms with Crippen LogP contribution in [0.15, 0.2) is 55.1 Å². The molecule has 4 rings (SSSR count). The standard InChI is InChI=1S/C26H25ClF2N2O2/c1-14-21-20(33-26(14)16-7-5-4-6-8-16)13-18(28)24(27)23(21)22-17(15(2)31-3)9-10-19(25(22)29)32-12-11-30/h4-10,13-14,26,31H,2,11-12,30H2,1,3H3/t14-,26?/m0/s1. The summed E-state index contributed by atoms with van der Waals surface area (Å²) < 4.78 is 42.6. The van der Waals surface area contributed by atoms with Gasteiger partial charge in [0.25, 0.3) is 0 Å². The van der Waals surface area contributed by atoms with E-state index in [0.717, 1.165) is 5.56 Å². The molecule has 7 heteroatoms. The quantitative estimate of drug-likeness (QED) is 0.441. The van der Waals surface area contributed by atoms with Crippen LogP contribution in [0.2, 0.25) is 5.02 Å². The summed E-state index contributed by atoms with van der Waals surface area (Å²) in [5.74, 6) is -1.24. The van der Waals surface area contributed by atoms with Crippen LogP contribution in [0.5, 0.6) is 11.5 Å². The molecule has 3 aromatic rings. The molecule has 3 N–H and O–H groups in total. The predicted molar refractivity (Wildman–Crippen MR) is 128 cm³/mol. The first-order valence-electron chi connectivity index (χ1n) is 10.6. The number of nitrogens with one attached hydrogen (secondary N) is 1. The van der Waals surface area contributed by atoms with Gasteiger partial charge >= 0.3 is 0 Å². The van der Waals surface area contributed by atoms with Gasteiger partial charge in [-0.15, -0.1) is 0 Å². The van der Waals surface area contributed by atoms with E-state index in [1.165, 1.54) is 12.1 Å². The van der Waals surface area contributed by atoms with Crippen LogP contribution in [-0.2, 0) is 0 Å². The van der Waals surface area contributed by atoms with Gasteiger partial charge in [0.15, 0.2) is 11.6 Å². The van der Waals surface area contributed by atoms with Crippen molar-refractivity contribution in [3.05, 3.63) is 88.5 Å². The zero-order valence-corrected chi connectivity index (χ0v) is 19.2. The second kappa shape index (κ2) is 9.41. The smallest absolute Gasteiger partial charge is 0.173 e. The lowest BCUT2D eigenvalue weighted by Crippen LogP contribution is -2.13. The topological polar surface area (TPSA) is 56.5 Å². The molecule has 4 nitrogen and oxygen atoms in total. The Morgan fingerprint density at radius 3 is 2.58 bits per heavy atom. The fourth-order valence-electron chi connectivity index (χ4n) is 4.27. The average Bonchev–Trinajstić information content (AvgIpc) is 3.15. The second-order valence-corrected chi connectivity index (χ2v) is 8.24. The molecule has 1 unspecified atom stereocenters. The van der Waals surface area contributed by atoms with Crippen molar-refractivity contribution in [2.24, 2.45) is 5.73 Å². The molecule has 0 bridgehead atoms. The second-order valence-electron chi connectivity index (χ2n) is 7.86. The molecule has 2 atom stereocenters. The SMILES string of the molecule is C=C(NC)c1ccc(OCCN)c(F)c1-c1c(Cl)c(F)cc2c1[C@H](C)C(c1ccccc1)O2. The fraction of sp³-hybridized carbons (Fsp3) is 0.231. The number of ether oxygens (including phenoxy) is 2. The van der Waals surface area contributed by atoms with Gasteiger partial charge in [0.05, 0.1) is 5.02 Å². The highest BCUT2D eigenvalue weighted by Gasteiger charge is 2.38. The molecule has 0 spiro atoms. The fourth-order valence-corrected chi connectivity index (χ4v) is 4.52. The minimum absolute atomic E-state index is 0.00311. The summed E-state index contributed by atoms with van der Waals surface area (Å²) in [5, 5.41) is 2.76. The van der Waals surface area contributed by atoms with Crippen LogP contribution in [0.25, 0.3) is 16.8 Å². The third-order valence-electron chi connectivity index (χ3n) is 5.87. The Bertz CT molecular complexity index is 1200. The van der Waals surface area contributed by atoms with Crippen molar-refractivity contribution in [1.29, 1.82) is 0 Å². The van der Waals surface area contributed by atoms with E-state index in [-0.39, 0.29) is 47.1 Å². The van der Waals surface area contributed by atoms with E-state index in [4.69, 9.17) is 26.8 Å². The molecule has 33 heavy (non-hydrogen) atoms. The summed E-state index contributed by atoms with van der Waals surface area (Å²) in [5.41, 5.74) is 8.33. The molecule has 0 aliphatic carbocycles. The summed E-state index contributed by atoms with van der Waals surface area (Å²) in [6, 6.07) is 14.1. The van der Waals surface area contributed by atoms with Gasteiger partial charge in [-0.05, 0) is 17.7 Å². The van der Waals surface area contributed by atoms with Crippen LogP contribution in [0, 0.1) is 11.6 Å². The Morgan fingerprint density at radius 1 is 1.18 bits per heavy atom. The van der Waals surface area contributed by atoms with Crippen molar-refractivity contribution in [3.8, 4) is 22.6 Å². The first kappa shape index (κ1) is 23.1. The molecule has 0 fully saturated rings. The van der Waals surface area contributed by atoms with Crippen molar-refractivity contribution in [3.63, 3.8) is 0 Å². The van der Waals surface area contributed by atoms with Crippen LogP contribution in [0.3, 0.4) is 0 Å². The van der Waals surface area contributed by atoms with Crippen LogP contribution in [0.4, 0.5) is 8.78 Å². The van der Waals surface area contributed by atoms with E-state index in [0.29, 0.717) is 22.6 Å². The highest BCUT2D eigenvalue weighted by atomic mass is 35.5. The van der Waals surface area contributed by atoms with Gasteiger partial charge in [-0.1, -0.05) is 55.4 Å². The monoisotopic (exact) mass is 470 g/mol. The van der Waals surface area contributed by atoms with E-state index >= 15 is 8.78 Å². The highest BCUT2D eigenvalue weighted by Crippen LogP contribution is 2.54. The van der Waals surface area contributed by atoms with Gasteiger partial charge in [0, 0.05) is 53.5 Å². The van der Waals surface area contributed by atoms with Crippen LogP contribution >= 0.6 is 11.6 Å². The summed E-state index contributed by atoms with van der Waals surface area (Å²) in [7, 11) is 1.68. The molecule has 0 saturated carbocycles. The summed E-state index contributed by atoms with van der Waals surface area (Å²) >= 11 is 6.51. The number of nitrogens with two attached hydrogens (primary N) is 1. The third-order valence-corrected chi connectivity index (χ3v) is 6.24. The van der Waals surface area contributed by atoms with Gasteiger partial charge in [0.1, 0.15) is 24.3 Å². The van der Waals surface area contributed by atoms with E-state index in [9.17, 15) is 0 Å². The number of hydrogen-bond donors (Lipinski definition) is 2. The molecule has 1 heterocycles. The van der Waals surface area contributed by atoms with Crippen molar-refractivity contribution in [2.45, 2.75) is 18.9 Å². The van der Waals surface area contributed by atoms with Crippen LogP contribution in [-0.4, -0.2) is 20.2 Å². The van der Waals surface area contributed by atoms with E-state index < -0.39 is 11.6 Å². The van der Waals surface area contributed by atoms with Gasteiger partial charge in [-0.2, -0.15) is 0 Å². The largest absolute Gasteiger partial charge is 0.489 e. The lowest BCUT2D eigenvalue weighted by molar-refractivity contribution is 0.215. The Labute approximate surface area is 197 Å². The molecule has 3 aromatic carbocycles. The molecule has 1 aliphatic rings. The summed E-state index contributed by atoms with van der Waals surface area (Å²) in [6.07, 6.45) is -0.367. The maximum Gasteiger partial charge on any atom is 0.173 e. The maximum absolute atomic E-state index is 15.9. The van der Waals surface area contributed by atoms with Crippen molar-refractivity contribution >= 4 is 17.3 Å².